The average Bonchev–Trinajstić information content (AvgIpc) is 3.05. The van der Waals surface area contributed by atoms with Crippen LogP contribution < -0.4 is 3.11 Å². The van der Waals surface area contributed by atoms with Crippen LogP contribution in [0.3, 0.4) is 0 Å². The third-order valence-electron chi connectivity index (χ3n) is 4.26. The Morgan fingerprint density at radius 1 is 0.889 bits per heavy atom. The molecule has 0 atom stereocenters. The Morgan fingerprint density at radius 3 is 2.15 bits per heavy atom. The Labute approximate surface area is 170 Å². The van der Waals surface area contributed by atoms with Crippen molar-refractivity contribution >= 4 is 65.7 Å². The largest absolute Gasteiger partial charge is 0.416 e. The van der Waals surface area contributed by atoms with E-state index in [9.17, 15) is 18.4 Å². The second kappa shape index (κ2) is 6.69. The topological polar surface area (TPSA) is 27.0 Å². The predicted octanol–water partition coefficient (Wildman–Crippen LogP) is 7.43. The summed E-state index contributed by atoms with van der Waals surface area (Å²) in [6.45, 7) is 0. The Morgan fingerprint density at radius 2 is 1.52 bits per heavy atom. The highest BCUT2D eigenvalue weighted by atomic mass is 127. The van der Waals surface area contributed by atoms with Gasteiger partial charge in [-0.2, -0.15) is 18.4 Å². The molecule has 0 aliphatic rings. The molecular weight excluding hydrogens is 484 g/mol. The van der Waals surface area contributed by atoms with Gasteiger partial charge in [-0.1, -0.05) is 24.3 Å². The van der Waals surface area contributed by atoms with E-state index in [0.29, 0.717) is 11.3 Å². The Bertz CT molecular complexity index is 1190. The summed E-state index contributed by atoms with van der Waals surface area (Å²) in [7, 11) is 0. The Hall–Kier alpha value is -2.31. The summed E-state index contributed by atoms with van der Waals surface area (Å²) in [6, 6.07) is 18.8. The van der Waals surface area contributed by atoms with Gasteiger partial charge in [0.2, 0.25) is 0 Å². The summed E-state index contributed by atoms with van der Waals surface area (Å²) in [4.78, 5) is 0. The number of nitriles is 1. The quantitative estimate of drug-likeness (QED) is 0.214. The second-order valence-corrected chi connectivity index (χ2v) is 7.86. The zero-order valence-corrected chi connectivity index (χ0v) is 16.6. The van der Waals surface area contributed by atoms with E-state index in [1.165, 1.54) is 23.5 Å². The molecule has 27 heavy (non-hydrogen) atoms. The molecule has 0 N–H and O–H groups in total. The van der Waals surface area contributed by atoms with Crippen LogP contribution in [0.4, 0.5) is 24.5 Å². The zero-order valence-electron chi connectivity index (χ0n) is 13.6. The maximum Gasteiger partial charge on any atom is 0.416 e. The lowest BCUT2D eigenvalue weighted by Gasteiger charge is -2.18. The molecule has 134 valence electrons. The molecule has 0 amide bonds. The lowest BCUT2D eigenvalue weighted by Crippen LogP contribution is -2.06. The number of thiophene rings is 1. The lowest BCUT2D eigenvalue weighted by molar-refractivity contribution is -0.137. The van der Waals surface area contributed by atoms with Crippen molar-refractivity contribution in [2.75, 3.05) is 3.11 Å². The molecule has 0 spiro atoms. The van der Waals surface area contributed by atoms with Gasteiger partial charge in [0, 0.05) is 10.8 Å². The summed E-state index contributed by atoms with van der Waals surface area (Å²) >= 11 is 3.61. The van der Waals surface area contributed by atoms with Crippen molar-refractivity contribution in [3.8, 4) is 6.07 Å². The summed E-state index contributed by atoms with van der Waals surface area (Å²) in [5.74, 6) is 0. The van der Waals surface area contributed by atoms with Crippen LogP contribution in [0.5, 0.6) is 0 Å². The molecule has 3 aromatic carbocycles. The third kappa shape index (κ3) is 3.13. The molecule has 2 nitrogen and oxygen atoms in total. The lowest BCUT2D eigenvalue weighted by atomic mass is 10.1. The van der Waals surface area contributed by atoms with Crippen molar-refractivity contribution in [1.29, 1.82) is 5.26 Å². The van der Waals surface area contributed by atoms with Gasteiger partial charge in [0.15, 0.2) is 0 Å². The first-order valence-electron chi connectivity index (χ1n) is 7.87. The highest BCUT2D eigenvalue weighted by molar-refractivity contribution is 14.1. The molecule has 0 fully saturated rings. The fourth-order valence-electron chi connectivity index (χ4n) is 2.97. The van der Waals surface area contributed by atoms with E-state index in [0.717, 1.165) is 38.0 Å². The Kier molecular flexibility index (Phi) is 4.48. The van der Waals surface area contributed by atoms with Gasteiger partial charge in [-0.25, -0.2) is 0 Å². The number of hydrogen-bond acceptors (Lipinski definition) is 3. The number of halogens is 4. The molecule has 7 heteroatoms. The van der Waals surface area contributed by atoms with Crippen LogP contribution >= 0.6 is 34.2 Å². The fraction of sp³-hybridized carbons (Fsp3) is 0.0500. The smallest absolute Gasteiger partial charge is 0.282 e. The maximum atomic E-state index is 12.8. The number of nitrogens with zero attached hydrogens (tertiary/aromatic N) is 2. The molecule has 0 unspecified atom stereocenters. The summed E-state index contributed by atoms with van der Waals surface area (Å²) in [6.07, 6.45) is -4.35. The van der Waals surface area contributed by atoms with E-state index >= 15 is 0 Å². The predicted molar refractivity (Wildman–Crippen MR) is 112 cm³/mol. The highest BCUT2D eigenvalue weighted by Crippen LogP contribution is 2.44. The van der Waals surface area contributed by atoms with E-state index in [-0.39, 0.29) is 0 Å². The zero-order chi connectivity index (χ0) is 19.2. The summed E-state index contributed by atoms with van der Waals surface area (Å²) in [5.41, 5.74) is 1.47. The summed E-state index contributed by atoms with van der Waals surface area (Å²) < 4.78 is 42.1. The molecule has 0 aliphatic heterocycles. The normalized spacial score (nSPS) is 11.7. The number of hydrogen-bond donors (Lipinski definition) is 0. The number of alkyl halides is 3. The fourth-order valence-corrected chi connectivity index (χ4v) is 5.12. The van der Waals surface area contributed by atoms with Crippen LogP contribution in [0.1, 0.15) is 11.1 Å². The first-order chi connectivity index (χ1) is 12.9. The molecule has 0 aliphatic carbocycles. The maximum absolute atomic E-state index is 12.8. The highest BCUT2D eigenvalue weighted by Gasteiger charge is 2.30. The van der Waals surface area contributed by atoms with Gasteiger partial charge in [0.05, 0.1) is 54.8 Å². The molecule has 4 rings (SSSR count). The number of anilines is 2. The van der Waals surface area contributed by atoms with Crippen LogP contribution in [0.25, 0.3) is 20.2 Å². The van der Waals surface area contributed by atoms with Crippen LogP contribution in [0.2, 0.25) is 0 Å². The molecule has 0 saturated heterocycles. The minimum atomic E-state index is -4.35. The SMILES string of the molecule is N#Cc1cccc2c1sc1c(N(I)c3ccc(C(F)(F)F)cc3)cccc12. The van der Waals surface area contributed by atoms with Gasteiger partial charge < -0.3 is 0 Å². The Balaban J connectivity index is 1.85. The molecule has 0 radical (unpaired) electrons. The van der Waals surface area contributed by atoms with Gasteiger partial charge in [-0.3, -0.25) is 3.11 Å². The monoisotopic (exact) mass is 494 g/mol. The first-order valence-corrected chi connectivity index (χ1v) is 9.66. The van der Waals surface area contributed by atoms with Crippen molar-refractivity contribution in [3.63, 3.8) is 0 Å². The number of fused-ring (bicyclic) bond motifs is 3. The molecule has 1 heterocycles. The van der Waals surface area contributed by atoms with Gasteiger partial charge in [0.25, 0.3) is 0 Å². The average molecular weight is 494 g/mol. The van der Waals surface area contributed by atoms with E-state index in [1.54, 1.807) is 6.07 Å². The van der Waals surface area contributed by atoms with Crippen molar-refractivity contribution in [3.05, 3.63) is 71.8 Å². The first kappa shape index (κ1) is 18.1. The van der Waals surface area contributed by atoms with Crippen LogP contribution in [0, 0.1) is 11.3 Å². The molecule has 4 aromatic rings. The standard InChI is InChI=1S/C20H10F3IN2S/c21-20(22,23)13-7-9-14(10-8-13)26(24)17-6-2-5-16-15-4-1-3-12(11-25)18(15)27-19(16)17/h1-10H. The van der Waals surface area contributed by atoms with E-state index < -0.39 is 11.7 Å². The number of rotatable bonds is 2. The second-order valence-electron chi connectivity index (χ2n) is 5.88. The van der Waals surface area contributed by atoms with E-state index in [4.69, 9.17) is 0 Å². The van der Waals surface area contributed by atoms with Crippen LogP contribution in [-0.2, 0) is 6.18 Å². The minimum absolute atomic E-state index is 0.620. The van der Waals surface area contributed by atoms with Gasteiger partial charge in [0.1, 0.15) is 6.07 Å². The van der Waals surface area contributed by atoms with E-state index in [1.807, 2.05) is 33.4 Å². The van der Waals surface area contributed by atoms with Crippen LogP contribution in [-0.4, -0.2) is 0 Å². The van der Waals surface area contributed by atoms with Gasteiger partial charge >= 0.3 is 6.18 Å². The third-order valence-corrected chi connectivity index (χ3v) is 6.61. The molecule has 0 bridgehead atoms. The van der Waals surface area contributed by atoms with Crippen molar-refractivity contribution in [1.82, 2.24) is 0 Å². The minimum Gasteiger partial charge on any atom is -0.282 e. The van der Waals surface area contributed by atoms with Gasteiger partial charge in [-0.15, -0.1) is 11.3 Å². The van der Waals surface area contributed by atoms with Crippen molar-refractivity contribution in [2.24, 2.45) is 0 Å². The number of benzene rings is 3. The molecule has 1 aromatic heterocycles. The molecular formula is C20H10F3IN2S. The molecule has 0 saturated carbocycles. The van der Waals surface area contributed by atoms with Crippen molar-refractivity contribution < 1.29 is 13.2 Å². The van der Waals surface area contributed by atoms with Gasteiger partial charge in [-0.05, 0) is 36.4 Å². The van der Waals surface area contributed by atoms with Crippen LogP contribution in [0.15, 0.2) is 60.7 Å². The van der Waals surface area contributed by atoms with E-state index in [2.05, 4.69) is 28.9 Å². The summed E-state index contributed by atoms with van der Waals surface area (Å²) in [5, 5.41) is 11.4. The van der Waals surface area contributed by atoms with Crippen molar-refractivity contribution in [2.45, 2.75) is 6.18 Å².